The average Bonchev–Trinajstić information content (AvgIpc) is 2.67. The molecule has 0 fully saturated rings. The number of pyridine rings is 1. The summed E-state index contributed by atoms with van der Waals surface area (Å²) in [6, 6.07) is 14.9. The number of hydrogen-bond donors (Lipinski definition) is 3. The van der Waals surface area contributed by atoms with E-state index in [-0.39, 0.29) is 5.91 Å². The lowest BCUT2D eigenvalue weighted by Crippen LogP contribution is -2.28. The van der Waals surface area contributed by atoms with Crippen molar-refractivity contribution in [2.24, 2.45) is 0 Å². The number of aryl methyl sites for hydroxylation is 1. The zero-order chi connectivity index (χ0) is 18.2. The molecule has 0 saturated heterocycles. The maximum Gasteiger partial charge on any atom is 0.251 e. The first-order chi connectivity index (χ1) is 12.7. The van der Waals surface area contributed by atoms with Gasteiger partial charge in [0.25, 0.3) is 5.91 Å². The highest BCUT2D eigenvalue weighted by atomic mass is 16.1. The highest BCUT2D eigenvalue weighted by Crippen LogP contribution is 2.13. The lowest BCUT2D eigenvalue weighted by molar-refractivity contribution is 0.0955. The molecule has 2 heterocycles. The summed E-state index contributed by atoms with van der Waals surface area (Å²) in [6.07, 6.45) is 3.18. The molecule has 3 aromatic rings. The van der Waals surface area contributed by atoms with Gasteiger partial charge in [0.2, 0.25) is 0 Å². The first kappa shape index (κ1) is 17.3. The smallest absolute Gasteiger partial charge is 0.251 e. The molecule has 0 spiro atoms. The van der Waals surface area contributed by atoms with E-state index < -0.39 is 0 Å². The zero-order valence-corrected chi connectivity index (χ0v) is 14.4. The Labute approximate surface area is 151 Å². The normalized spacial score (nSPS) is 10.2. The van der Waals surface area contributed by atoms with Crippen LogP contribution in [0.15, 0.2) is 61.1 Å². The van der Waals surface area contributed by atoms with Crippen molar-refractivity contribution >= 4 is 23.4 Å². The van der Waals surface area contributed by atoms with E-state index >= 15 is 0 Å². The Morgan fingerprint density at radius 3 is 2.50 bits per heavy atom. The third-order valence-electron chi connectivity index (χ3n) is 3.62. The number of benzene rings is 1. The minimum atomic E-state index is -0.0907. The van der Waals surface area contributed by atoms with Crippen LogP contribution in [0.25, 0.3) is 0 Å². The van der Waals surface area contributed by atoms with Crippen molar-refractivity contribution in [1.82, 2.24) is 20.3 Å². The minimum absolute atomic E-state index is 0.0907. The number of carbonyl (C=O) groups is 1. The van der Waals surface area contributed by atoms with E-state index in [1.807, 2.05) is 49.4 Å². The van der Waals surface area contributed by atoms with Gasteiger partial charge in [0, 0.05) is 30.9 Å². The molecular weight excluding hydrogens is 328 g/mol. The topological polar surface area (TPSA) is 91.8 Å². The van der Waals surface area contributed by atoms with Crippen molar-refractivity contribution in [3.8, 4) is 0 Å². The van der Waals surface area contributed by atoms with Gasteiger partial charge in [0.05, 0.1) is 0 Å². The molecule has 1 amide bonds. The second kappa shape index (κ2) is 8.57. The Morgan fingerprint density at radius 2 is 1.73 bits per heavy atom. The minimum Gasteiger partial charge on any atom is -0.368 e. The molecule has 0 aliphatic rings. The van der Waals surface area contributed by atoms with E-state index in [2.05, 4.69) is 30.9 Å². The quantitative estimate of drug-likeness (QED) is 0.569. The van der Waals surface area contributed by atoms with Crippen LogP contribution < -0.4 is 16.0 Å². The summed E-state index contributed by atoms with van der Waals surface area (Å²) < 4.78 is 0. The molecule has 26 heavy (non-hydrogen) atoms. The van der Waals surface area contributed by atoms with Crippen molar-refractivity contribution in [3.05, 3.63) is 72.2 Å². The Kier molecular flexibility index (Phi) is 5.72. The van der Waals surface area contributed by atoms with Gasteiger partial charge in [-0.15, -0.1) is 0 Å². The molecule has 7 heteroatoms. The number of aromatic nitrogens is 3. The summed E-state index contributed by atoms with van der Waals surface area (Å²) in [6.45, 7) is 3.03. The van der Waals surface area contributed by atoms with E-state index in [0.717, 1.165) is 5.56 Å². The van der Waals surface area contributed by atoms with Gasteiger partial charge < -0.3 is 16.0 Å². The summed E-state index contributed by atoms with van der Waals surface area (Å²) >= 11 is 0. The van der Waals surface area contributed by atoms with Gasteiger partial charge in [0.15, 0.2) is 0 Å². The Balaban J connectivity index is 1.47. The van der Waals surface area contributed by atoms with E-state index in [0.29, 0.717) is 36.1 Å². The zero-order valence-electron chi connectivity index (χ0n) is 14.4. The number of hydrogen-bond acceptors (Lipinski definition) is 6. The van der Waals surface area contributed by atoms with Crippen molar-refractivity contribution in [1.29, 1.82) is 0 Å². The monoisotopic (exact) mass is 348 g/mol. The fourth-order valence-corrected chi connectivity index (χ4v) is 2.26. The standard InChI is InChI=1S/C19H20N6O/c1-14-5-7-15(8-6-14)19(26)22-11-10-21-17-12-18(24-13-23-17)25-16-4-2-3-9-20-16/h2-9,12-13H,10-11H2,1H3,(H,22,26)(H2,20,21,23,24,25). The second-order valence-electron chi connectivity index (χ2n) is 5.68. The molecule has 2 aromatic heterocycles. The molecule has 0 radical (unpaired) electrons. The number of rotatable bonds is 7. The van der Waals surface area contributed by atoms with Crippen molar-refractivity contribution in [3.63, 3.8) is 0 Å². The summed E-state index contributed by atoms with van der Waals surface area (Å²) in [5, 5.41) is 9.14. The van der Waals surface area contributed by atoms with Crippen LogP contribution in [0.3, 0.4) is 0 Å². The van der Waals surface area contributed by atoms with E-state index in [1.54, 1.807) is 12.3 Å². The third kappa shape index (κ3) is 5.01. The first-order valence-corrected chi connectivity index (χ1v) is 8.29. The largest absolute Gasteiger partial charge is 0.368 e. The number of carbonyl (C=O) groups excluding carboxylic acids is 1. The van der Waals surface area contributed by atoms with E-state index in [9.17, 15) is 4.79 Å². The molecule has 0 bridgehead atoms. The number of amides is 1. The third-order valence-corrected chi connectivity index (χ3v) is 3.62. The van der Waals surface area contributed by atoms with Crippen LogP contribution in [-0.2, 0) is 0 Å². The molecule has 3 rings (SSSR count). The Bertz CT molecular complexity index is 851. The van der Waals surface area contributed by atoms with Gasteiger partial charge in [-0.1, -0.05) is 23.8 Å². The van der Waals surface area contributed by atoms with Crippen molar-refractivity contribution in [2.45, 2.75) is 6.92 Å². The number of nitrogens with zero attached hydrogens (tertiary/aromatic N) is 3. The molecule has 1 aromatic carbocycles. The van der Waals surface area contributed by atoms with Crippen LogP contribution >= 0.6 is 0 Å². The lowest BCUT2D eigenvalue weighted by atomic mass is 10.1. The number of anilines is 3. The molecule has 132 valence electrons. The van der Waals surface area contributed by atoms with Gasteiger partial charge >= 0.3 is 0 Å². The van der Waals surface area contributed by atoms with Gasteiger partial charge in [0.1, 0.15) is 23.8 Å². The van der Waals surface area contributed by atoms with Crippen LogP contribution in [0.2, 0.25) is 0 Å². The molecule has 3 N–H and O–H groups in total. The van der Waals surface area contributed by atoms with Crippen molar-refractivity contribution < 1.29 is 4.79 Å². The van der Waals surface area contributed by atoms with Gasteiger partial charge in [-0.2, -0.15) is 0 Å². The Hall–Kier alpha value is -3.48. The molecule has 0 aliphatic carbocycles. The molecule has 0 aliphatic heterocycles. The summed E-state index contributed by atoms with van der Waals surface area (Å²) in [5.41, 5.74) is 1.78. The van der Waals surface area contributed by atoms with E-state index in [1.165, 1.54) is 6.33 Å². The Morgan fingerprint density at radius 1 is 0.923 bits per heavy atom. The summed E-state index contributed by atoms with van der Waals surface area (Å²) in [5.74, 6) is 1.93. The lowest BCUT2D eigenvalue weighted by Gasteiger charge is -2.09. The first-order valence-electron chi connectivity index (χ1n) is 8.29. The van der Waals surface area contributed by atoms with Crippen LogP contribution in [0.5, 0.6) is 0 Å². The summed E-state index contributed by atoms with van der Waals surface area (Å²) in [4.78, 5) is 24.6. The molecule has 0 saturated carbocycles. The predicted octanol–water partition coefficient (Wildman–Crippen LogP) is 2.77. The fourth-order valence-electron chi connectivity index (χ4n) is 2.26. The van der Waals surface area contributed by atoms with E-state index in [4.69, 9.17) is 0 Å². The molecule has 0 atom stereocenters. The highest BCUT2D eigenvalue weighted by Gasteiger charge is 2.04. The predicted molar refractivity (Wildman–Crippen MR) is 102 cm³/mol. The molecule has 7 nitrogen and oxygen atoms in total. The van der Waals surface area contributed by atoms with Gasteiger partial charge in [-0.25, -0.2) is 15.0 Å². The van der Waals surface area contributed by atoms with Crippen LogP contribution in [0, 0.1) is 6.92 Å². The molecular formula is C19H20N6O. The van der Waals surface area contributed by atoms with Crippen molar-refractivity contribution in [2.75, 3.05) is 23.7 Å². The maximum atomic E-state index is 12.0. The fraction of sp³-hybridized carbons (Fsp3) is 0.158. The average molecular weight is 348 g/mol. The maximum absolute atomic E-state index is 12.0. The number of nitrogens with one attached hydrogen (secondary N) is 3. The van der Waals surface area contributed by atoms with Gasteiger partial charge in [-0.3, -0.25) is 4.79 Å². The highest BCUT2D eigenvalue weighted by molar-refractivity contribution is 5.94. The van der Waals surface area contributed by atoms with Gasteiger partial charge in [-0.05, 0) is 31.2 Å². The van der Waals surface area contributed by atoms with Crippen LogP contribution in [0.1, 0.15) is 15.9 Å². The SMILES string of the molecule is Cc1ccc(C(=O)NCCNc2cc(Nc3ccccn3)ncn2)cc1. The molecule has 0 unspecified atom stereocenters. The second-order valence-corrected chi connectivity index (χ2v) is 5.68. The summed E-state index contributed by atoms with van der Waals surface area (Å²) in [7, 11) is 0. The van der Waals surface area contributed by atoms with Crippen LogP contribution in [0.4, 0.5) is 17.5 Å². The van der Waals surface area contributed by atoms with Crippen LogP contribution in [-0.4, -0.2) is 33.9 Å².